The van der Waals surface area contributed by atoms with Crippen molar-refractivity contribution in [3.63, 3.8) is 0 Å². The summed E-state index contributed by atoms with van der Waals surface area (Å²) in [6.07, 6.45) is 2.64. The van der Waals surface area contributed by atoms with Crippen LogP contribution >= 0.6 is 0 Å². The first kappa shape index (κ1) is 21.9. The van der Waals surface area contributed by atoms with Crippen molar-refractivity contribution in [1.29, 1.82) is 0 Å². The van der Waals surface area contributed by atoms with Crippen LogP contribution in [0.1, 0.15) is 46.8 Å². The Balaban J connectivity index is 1.44. The van der Waals surface area contributed by atoms with Crippen LogP contribution in [0.5, 0.6) is 5.75 Å². The fraction of sp³-hybridized carbons (Fsp3) is 0.250. The maximum atomic E-state index is 13.5. The molecule has 3 aromatic rings. The van der Waals surface area contributed by atoms with E-state index >= 15 is 0 Å². The van der Waals surface area contributed by atoms with Crippen LogP contribution in [0.15, 0.2) is 90.0 Å². The van der Waals surface area contributed by atoms with Crippen molar-refractivity contribution in [3.05, 3.63) is 102 Å². The Bertz CT molecular complexity index is 1190. The molecule has 34 heavy (non-hydrogen) atoms. The number of likely N-dealkylation sites (tertiary alicyclic amines) is 1. The molecule has 0 spiro atoms. The molecule has 0 unspecified atom stereocenters. The molecule has 6 heteroatoms. The number of rotatable bonds is 6. The van der Waals surface area contributed by atoms with Gasteiger partial charge in [-0.1, -0.05) is 66.7 Å². The lowest BCUT2D eigenvalue weighted by molar-refractivity contribution is -0.132. The molecule has 2 heterocycles. The lowest BCUT2D eigenvalue weighted by Gasteiger charge is -2.24. The smallest absolute Gasteiger partial charge is 0.274 e. The second kappa shape index (κ2) is 9.91. The van der Waals surface area contributed by atoms with Gasteiger partial charge in [0.1, 0.15) is 5.75 Å². The molecule has 5 rings (SSSR count). The molecule has 0 saturated carbocycles. The van der Waals surface area contributed by atoms with Crippen LogP contribution in [0.2, 0.25) is 0 Å². The number of para-hydroxylation sites is 1. The molecule has 1 saturated heterocycles. The fourth-order valence-electron chi connectivity index (χ4n) is 4.54. The number of carbonyl (C=O) groups excluding carboxylic acids is 2. The Labute approximate surface area is 199 Å². The zero-order valence-electron chi connectivity index (χ0n) is 19.0. The van der Waals surface area contributed by atoms with Gasteiger partial charge in [-0.25, -0.2) is 5.01 Å². The Hall–Kier alpha value is -3.93. The third kappa shape index (κ3) is 4.57. The minimum absolute atomic E-state index is 0.00262. The van der Waals surface area contributed by atoms with Gasteiger partial charge in [-0.15, -0.1) is 0 Å². The number of hydrazone groups is 1. The lowest BCUT2D eigenvalue weighted by atomic mass is 9.97. The predicted octanol–water partition coefficient (Wildman–Crippen LogP) is 4.68. The number of benzene rings is 3. The highest BCUT2D eigenvalue weighted by molar-refractivity contribution is 6.05. The zero-order valence-corrected chi connectivity index (χ0v) is 19.0. The monoisotopic (exact) mass is 453 g/mol. The molecule has 6 nitrogen and oxygen atoms in total. The van der Waals surface area contributed by atoms with Crippen LogP contribution in [0.3, 0.4) is 0 Å². The summed E-state index contributed by atoms with van der Waals surface area (Å²) in [6.45, 7) is 1.57. The fourth-order valence-corrected chi connectivity index (χ4v) is 4.54. The van der Waals surface area contributed by atoms with Crippen molar-refractivity contribution >= 4 is 17.5 Å². The maximum Gasteiger partial charge on any atom is 0.274 e. The number of hydrogen-bond acceptors (Lipinski definition) is 4. The van der Waals surface area contributed by atoms with Crippen LogP contribution in [0, 0.1) is 0 Å². The van der Waals surface area contributed by atoms with Crippen molar-refractivity contribution < 1.29 is 14.3 Å². The Morgan fingerprint density at radius 3 is 2.24 bits per heavy atom. The summed E-state index contributed by atoms with van der Waals surface area (Å²) in [5, 5.41) is 6.32. The van der Waals surface area contributed by atoms with E-state index < -0.39 is 0 Å². The summed E-state index contributed by atoms with van der Waals surface area (Å²) in [5.74, 6) is 0.437. The Morgan fingerprint density at radius 2 is 1.50 bits per heavy atom. The molecule has 1 fully saturated rings. The Morgan fingerprint density at radius 1 is 0.853 bits per heavy atom. The van der Waals surface area contributed by atoms with Gasteiger partial charge in [0.2, 0.25) is 0 Å². The molecular weight excluding hydrogens is 426 g/mol. The van der Waals surface area contributed by atoms with Gasteiger partial charge in [-0.2, -0.15) is 5.10 Å². The minimum Gasteiger partial charge on any atom is -0.483 e. The third-order valence-electron chi connectivity index (χ3n) is 6.33. The predicted molar refractivity (Wildman–Crippen MR) is 131 cm³/mol. The summed E-state index contributed by atoms with van der Waals surface area (Å²) in [4.78, 5) is 27.9. The number of nitrogens with zero attached hydrogens (tertiary/aromatic N) is 3. The lowest BCUT2D eigenvalue weighted by Crippen LogP contribution is -2.32. The first-order valence-electron chi connectivity index (χ1n) is 11.7. The molecule has 2 aliphatic heterocycles. The summed E-state index contributed by atoms with van der Waals surface area (Å²) >= 11 is 0. The van der Waals surface area contributed by atoms with Crippen LogP contribution in [0.25, 0.3) is 0 Å². The van der Waals surface area contributed by atoms with E-state index in [4.69, 9.17) is 9.84 Å². The molecule has 0 radical (unpaired) electrons. The van der Waals surface area contributed by atoms with Crippen LogP contribution in [-0.2, 0) is 4.79 Å². The maximum absolute atomic E-state index is 13.5. The van der Waals surface area contributed by atoms with Gasteiger partial charge in [-0.05, 0) is 36.6 Å². The normalized spacial score (nSPS) is 17.5. The second-order valence-electron chi connectivity index (χ2n) is 8.56. The summed E-state index contributed by atoms with van der Waals surface area (Å²) in [7, 11) is 0. The zero-order chi connectivity index (χ0) is 23.3. The first-order chi connectivity index (χ1) is 16.7. The van der Waals surface area contributed by atoms with Crippen LogP contribution in [-0.4, -0.2) is 47.1 Å². The highest BCUT2D eigenvalue weighted by Gasteiger charge is 2.35. The van der Waals surface area contributed by atoms with Gasteiger partial charge in [-0.3, -0.25) is 9.59 Å². The minimum atomic E-state index is -0.332. The quantitative estimate of drug-likeness (QED) is 0.545. The SMILES string of the molecule is O=C(COc1ccccc1[C@@H]1CC(c2ccccc2)=NN1C(=O)c1ccccc1)N1CCCC1. The molecule has 3 aromatic carbocycles. The van der Waals surface area contributed by atoms with Crippen molar-refractivity contribution in [2.75, 3.05) is 19.7 Å². The average molecular weight is 454 g/mol. The first-order valence-corrected chi connectivity index (χ1v) is 11.7. The second-order valence-corrected chi connectivity index (χ2v) is 8.56. The number of amides is 2. The van der Waals surface area contributed by atoms with Gasteiger partial charge in [0.05, 0.1) is 11.8 Å². The standard InChI is InChI=1S/C28H27N3O3/c32-27(30-17-9-10-18-30)20-34-26-16-8-7-15-23(26)25-19-24(21-11-3-1-4-12-21)29-31(25)28(33)22-13-5-2-6-14-22/h1-8,11-16,25H,9-10,17-20H2/t25-/m0/s1. The molecule has 2 amide bonds. The van der Waals surface area contributed by atoms with Crippen molar-refractivity contribution in [3.8, 4) is 5.75 Å². The number of carbonyl (C=O) groups is 2. The molecule has 0 aromatic heterocycles. The van der Waals surface area contributed by atoms with E-state index in [0.717, 1.165) is 42.8 Å². The molecule has 0 aliphatic carbocycles. The molecule has 172 valence electrons. The Kier molecular flexibility index (Phi) is 6.38. The number of hydrogen-bond donors (Lipinski definition) is 0. The van der Waals surface area contributed by atoms with E-state index in [-0.39, 0.29) is 24.5 Å². The topological polar surface area (TPSA) is 62.2 Å². The van der Waals surface area contributed by atoms with Crippen molar-refractivity contribution in [2.45, 2.75) is 25.3 Å². The molecule has 0 N–H and O–H groups in total. The van der Waals surface area contributed by atoms with Gasteiger partial charge < -0.3 is 9.64 Å². The average Bonchev–Trinajstić information content (AvgIpc) is 3.59. The number of ether oxygens (including phenoxy) is 1. The van der Waals surface area contributed by atoms with Crippen molar-refractivity contribution in [2.24, 2.45) is 5.10 Å². The summed E-state index contributed by atoms with van der Waals surface area (Å²) < 4.78 is 6.02. The van der Waals surface area contributed by atoms with E-state index in [9.17, 15) is 9.59 Å². The van der Waals surface area contributed by atoms with Gasteiger partial charge in [0, 0.05) is 30.6 Å². The van der Waals surface area contributed by atoms with Gasteiger partial charge in [0.15, 0.2) is 6.61 Å². The van der Waals surface area contributed by atoms with E-state index in [0.29, 0.717) is 17.7 Å². The largest absolute Gasteiger partial charge is 0.483 e. The summed E-state index contributed by atoms with van der Waals surface area (Å²) in [5.41, 5.74) is 3.25. The van der Waals surface area contributed by atoms with Crippen molar-refractivity contribution in [1.82, 2.24) is 9.91 Å². The third-order valence-corrected chi connectivity index (χ3v) is 6.33. The van der Waals surface area contributed by atoms with E-state index in [1.165, 1.54) is 0 Å². The van der Waals surface area contributed by atoms with Crippen LogP contribution in [0.4, 0.5) is 0 Å². The van der Waals surface area contributed by atoms with Gasteiger partial charge >= 0.3 is 0 Å². The highest BCUT2D eigenvalue weighted by atomic mass is 16.5. The molecule has 1 atom stereocenters. The van der Waals surface area contributed by atoms with Crippen LogP contribution < -0.4 is 4.74 Å². The molecule has 2 aliphatic rings. The van der Waals surface area contributed by atoms with E-state index in [1.54, 1.807) is 17.1 Å². The summed E-state index contributed by atoms with van der Waals surface area (Å²) in [6, 6.07) is 26.4. The molecular formula is C28H27N3O3. The highest BCUT2D eigenvalue weighted by Crippen LogP contribution is 2.38. The van der Waals surface area contributed by atoms with E-state index in [2.05, 4.69) is 0 Å². The van der Waals surface area contributed by atoms with Gasteiger partial charge in [0.25, 0.3) is 11.8 Å². The molecule has 0 bridgehead atoms. The van der Waals surface area contributed by atoms with E-state index in [1.807, 2.05) is 77.7 Å².